The summed E-state index contributed by atoms with van der Waals surface area (Å²) in [6.45, 7) is 2.50. The lowest BCUT2D eigenvalue weighted by molar-refractivity contribution is 0.508. The molecule has 2 aromatic rings. The summed E-state index contributed by atoms with van der Waals surface area (Å²) in [7, 11) is 0. The third-order valence-electron chi connectivity index (χ3n) is 3.75. The lowest BCUT2D eigenvalue weighted by atomic mass is 10.0. The van der Waals surface area contributed by atoms with Crippen molar-refractivity contribution in [3.05, 3.63) is 65.0 Å². The molecule has 0 aromatic heterocycles. The van der Waals surface area contributed by atoms with Gasteiger partial charge in [0.25, 0.3) is 0 Å². The molecule has 3 rings (SSSR count). The molecule has 0 aliphatic carbocycles. The lowest BCUT2D eigenvalue weighted by Gasteiger charge is -2.26. The molecule has 1 nitrogen and oxygen atoms in total. The second-order valence-electron chi connectivity index (χ2n) is 5.19. The van der Waals surface area contributed by atoms with Gasteiger partial charge in [-0.05, 0) is 47.9 Å². The molecule has 1 aliphatic heterocycles. The maximum atomic E-state index is 13.6. The average Bonchev–Trinajstić information content (AvgIpc) is 2.48. The predicted octanol–water partition coefficient (Wildman–Crippen LogP) is 4.46. The summed E-state index contributed by atoms with van der Waals surface area (Å²) in [5.74, 6) is 1.01. The van der Waals surface area contributed by atoms with E-state index in [1.807, 2.05) is 23.9 Å². The van der Waals surface area contributed by atoms with E-state index in [0.717, 1.165) is 17.7 Å². The quantitative estimate of drug-likeness (QED) is 0.894. The van der Waals surface area contributed by atoms with Crippen LogP contribution in [-0.4, -0.2) is 5.75 Å². The summed E-state index contributed by atoms with van der Waals surface area (Å²) in [6.07, 6.45) is 1.12. The van der Waals surface area contributed by atoms with Crippen molar-refractivity contribution >= 4 is 11.8 Å². The Balaban J connectivity index is 1.71. The first-order chi connectivity index (χ1) is 9.74. The van der Waals surface area contributed by atoms with Crippen LogP contribution in [0.4, 0.5) is 4.39 Å². The molecular formula is C17H18FNS. The van der Waals surface area contributed by atoms with Crippen LogP contribution in [-0.2, 0) is 6.54 Å². The Bertz CT molecular complexity index is 612. The minimum atomic E-state index is -0.121. The fourth-order valence-corrected chi connectivity index (χ4v) is 3.67. The summed E-state index contributed by atoms with van der Waals surface area (Å²) in [4.78, 5) is 1.37. The molecule has 0 fully saturated rings. The monoisotopic (exact) mass is 287 g/mol. The maximum Gasteiger partial charge on any atom is 0.126 e. The van der Waals surface area contributed by atoms with Gasteiger partial charge in [-0.3, -0.25) is 0 Å². The van der Waals surface area contributed by atoms with Crippen LogP contribution < -0.4 is 5.32 Å². The van der Waals surface area contributed by atoms with E-state index in [2.05, 4.69) is 29.6 Å². The Hall–Kier alpha value is -1.32. The van der Waals surface area contributed by atoms with Crippen LogP contribution in [0.15, 0.2) is 47.4 Å². The molecule has 2 aromatic carbocycles. The van der Waals surface area contributed by atoms with Gasteiger partial charge in [0.2, 0.25) is 0 Å². The summed E-state index contributed by atoms with van der Waals surface area (Å²) in [5, 5.41) is 3.56. The normalized spacial score (nSPS) is 17.8. The zero-order valence-corrected chi connectivity index (χ0v) is 12.3. The zero-order valence-electron chi connectivity index (χ0n) is 11.5. The summed E-state index contributed by atoms with van der Waals surface area (Å²) >= 11 is 1.92. The van der Waals surface area contributed by atoms with Crippen LogP contribution in [0.3, 0.4) is 0 Å². The van der Waals surface area contributed by atoms with Crippen molar-refractivity contribution in [2.45, 2.75) is 30.8 Å². The second-order valence-corrected chi connectivity index (χ2v) is 6.33. The van der Waals surface area contributed by atoms with E-state index in [-0.39, 0.29) is 5.82 Å². The maximum absolute atomic E-state index is 13.6. The van der Waals surface area contributed by atoms with Gasteiger partial charge in [0, 0.05) is 17.5 Å². The molecule has 0 radical (unpaired) electrons. The highest BCUT2D eigenvalue weighted by atomic mass is 32.2. The minimum absolute atomic E-state index is 0.121. The molecule has 104 valence electrons. The van der Waals surface area contributed by atoms with E-state index in [1.165, 1.54) is 10.5 Å². The number of halogens is 1. The standard InChI is InChI=1S/C17H18FNS/c1-12-6-7-13(10-15(12)18)11-19-16-8-9-20-17-5-3-2-4-14(16)17/h2-7,10,16,19H,8-9,11H2,1H3. The first kappa shape index (κ1) is 13.7. The Kier molecular flexibility index (Phi) is 4.08. The van der Waals surface area contributed by atoms with Crippen molar-refractivity contribution in [3.8, 4) is 0 Å². The van der Waals surface area contributed by atoms with Gasteiger partial charge in [0.1, 0.15) is 5.82 Å². The Morgan fingerprint density at radius 3 is 2.95 bits per heavy atom. The number of benzene rings is 2. The zero-order chi connectivity index (χ0) is 13.9. The molecule has 0 saturated carbocycles. The molecule has 0 amide bonds. The molecule has 1 N–H and O–H groups in total. The van der Waals surface area contributed by atoms with Gasteiger partial charge >= 0.3 is 0 Å². The van der Waals surface area contributed by atoms with E-state index in [4.69, 9.17) is 0 Å². The molecule has 1 atom stereocenters. The fourth-order valence-electron chi connectivity index (χ4n) is 2.54. The number of hydrogen-bond donors (Lipinski definition) is 1. The highest BCUT2D eigenvalue weighted by molar-refractivity contribution is 7.99. The number of thioether (sulfide) groups is 1. The molecule has 0 bridgehead atoms. The first-order valence-electron chi connectivity index (χ1n) is 6.94. The van der Waals surface area contributed by atoms with E-state index in [1.54, 1.807) is 13.0 Å². The summed E-state index contributed by atoms with van der Waals surface area (Å²) in [5.41, 5.74) is 3.08. The van der Waals surface area contributed by atoms with Crippen molar-refractivity contribution in [2.24, 2.45) is 0 Å². The Morgan fingerprint density at radius 2 is 2.10 bits per heavy atom. The van der Waals surface area contributed by atoms with Crippen LogP contribution in [0.2, 0.25) is 0 Å². The largest absolute Gasteiger partial charge is 0.306 e. The summed E-state index contributed by atoms with van der Waals surface area (Å²) in [6, 6.07) is 14.4. The first-order valence-corrected chi connectivity index (χ1v) is 7.93. The van der Waals surface area contributed by atoms with E-state index in [0.29, 0.717) is 18.2 Å². The highest BCUT2D eigenvalue weighted by Crippen LogP contribution is 2.35. The summed E-state index contributed by atoms with van der Waals surface area (Å²) < 4.78 is 13.6. The van der Waals surface area contributed by atoms with Crippen LogP contribution in [0.1, 0.15) is 29.2 Å². The van der Waals surface area contributed by atoms with Crippen molar-refractivity contribution in [3.63, 3.8) is 0 Å². The lowest BCUT2D eigenvalue weighted by Crippen LogP contribution is -2.24. The molecular weight excluding hydrogens is 269 g/mol. The average molecular weight is 287 g/mol. The van der Waals surface area contributed by atoms with Crippen molar-refractivity contribution < 1.29 is 4.39 Å². The topological polar surface area (TPSA) is 12.0 Å². The van der Waals surface area contributed by atoms with Crippen molar-refractivity contribution in [1.82, 2.24) is 5.32 Å². The Labute approximate surface area is 123 Å². The van der Waals surface area contributed by atoms with Crippen LogP contribution in [0.5, 0.6) is 0 Å². The van der Waals surface area contributed by atoms with Gasteiger partial charge in [-0.1, -0.05) is 30.3 Å². The van der Waals surface area contributed by atoms with Gasteiger partial charge < -0.3 is 5.32 Å². The molecule has 20 heavy (non-hydrogen) atoms. The molecule has 3 heteroatoms. The van der Waals surface area contributed by atoms with Gasteiger partial charge in [-0.2, -0.15) is 0 Å². The second kappa shape index (κ2) is 5.98. The number of nitrogens with one attached hydrogen (secondary N) is 1. The van der Waals surface area contributed by atoms with E-state index < -0.39 is 0 Å². The number of rotatable bonds is 3. The van der Waals surface area contributed by atoms with Gasteiger partial charge in [-0.15, -0.1) is 11.8 Å². The molecule has 1 heterocycles. The Morgan fingerprint density at radius 1 is 1.25 bits per heavy atom. The van der Waals surface area contributed by atoms with Crippen LogP contribution in [0.25, 0.3) is 0 Å². The van der Waals surface area contributed by atoms with Gasteiger partial charge in [0.15, 0.2) is 0 Å². The van der Waals surface area contributed by atoms with Crippen LogP contribution >= 0.6 is 11.8 Å². The number of hydrogen-bond acceptors (Lipinski definition) is 2. The molecule has 0 saturated heterocycles. The smallest absolute Gasteiger partial charge is 0.126 e. The van der Waals surface area contributed by atoms with E-state index >= 15 is 0 Å². The molecule has 0 spiro atoms. The third-order valence-corrected chi connectivity index (χ3v) is 4.87. The van der Waals surface area contributed by atoms with Crippen LogP contribution in [0, 0.1) is 12.7 Å². The highest BCUT2D eigenvalue weighted by Gasteiger charge is 2.19. The van der Waals surface area contributed by atoms with E-state index in [9.17, 15) is 4.39 Å². The number of aryl methyl sites for hydroxylation is 1. The predicted molar refractivity (Wildman–Crippen MR) is 82.5 cm³/mol. The number of fused-ring (bicyclic) bond motifs is 1. The minimum Gasteiger partial charge on any atom is -0.306 e. The van der Waals surface area contributed by atoms with Crippen molar-refractivity contribution in [2.75, 3.05) is 5.75 Å². The van der Waals surface area contributed by atoms with Gasteiger partial charge in [-0.25, -0.2) is 4.39 Å². The third kappa shape index (κ3) is 2.89. The fraction of sp³-hybridized carbons (Fsp3) is 0.294. The van der Waals surface area contributed by atoms with Gasteiger partial charge in [0.05, 0.1) is 0 Å². The van der Waals surface area contributed by atoms with Crippen molar-refractivity contribution in [1.29, 1.82) is 0 Å². The SMILES string of the molecule is Cc1ccc(CNC2CCSc3ccccc32)cc1F. The molecule has 1 aliphatic rings. The molecule has 1 unspecified atom stereocenters.